The first kappa shape index (κ1) is 9.23. The Hall–Kier alpha value is -0.330. The minimum absolute atomic E-state index is 0.120. The molecule has 0 atom stereocenters. The highest BCUT2D eigenvalue weighted by molar-refractivity contribution is 5.60. The lowest BCUT2D eigenvalue weighted by Gasteiger charge is -2.41. The van der Waals surface area contributed by atoms with Crippen molar-refractivity contribution >= 4 is 6.29 Å². The Bertz CT molecular complexity index is 174. The van der Waals surface area contributed by atoms with E-state index in [-0.39, 0.29) is 5.41 Å². The molecule has 0 aromatic carbocycles. The van der Waals surface area contributed by atoms with Crippen molar-refractivity contribution in [2.75, 3.05) is 0 Å². The van der Waals surface area contributed by atoms with Gasteiger partial charge in [-0.25, -0.2) is 0 Å². The first-order valence-electron chi connectivity index (χ1n) is 5.84. The second-order valence-electron chi connectivity index (χ2n) is 4.89. The average Bonchev–Trinajstić information content (AvgIpc) is 2.28. The van der Waals surface area contributed by atoms with Gasteiger partial charge in [0.1, 0.15) is 6.29 Å². The summed E-state index contributed by atoms with van der Waals surface area (Å²) < 4.78 is 0. The van der Waals surface area contributed by atoms with Gasteiger partial charge in [-0.05, 0) is 31.6 Å². The summed E-state index contributed by atoms with van der Waals surface area (Å²) in [6, 6.07) is 0. The largest absolute Gasteiger partial charge is 0.303 e. The van der Waals surface area contributed by atoms with Crippen LogP contribution in [0.5, 0.6) is 0 Å². The van der Waals surface area contributed by atoms with Gasteiger partial charge < -0.3 is 4.79 Å². The maximum atomic E-state index is 11.3. The normalized spacial score (nSPS) is 28.9. The van der Waals surface area contributed by atoms with E-state index in [9.17, 15) is 4.79 Å². The van der Waals surface area contributed by atoms with Crippen LogP contribution in [0, 0.1) is 11.3 Å². The zero-order valence-electron chi connectivity index (χ0n) is 8.43. The molecular formula is C12H20O. The Morgan fingerprint density at radius 1 is 0.923 bits per heavy atom. The van der Waals surface area contributed by atoms with Crippen LogP contribution in [0.2, 0.25) is 0 Å². The first-order chi connectivity index (χ1) is 6.37. The monoisotopic (exact) mass is 180 g/mol. The molecule has 0 unspecified atom stereocenters. The highest BCUT2D eigenvalue weighted by atomic mass is 16.1. The van der Waals surface area contributed by atoms with Gasteiger partial charge in [0, 0.05) is 5.41 Å². The van der Waals surface area contributed by atoms with Crippen molar-refractivity contribution in [1.29, 1.82) is 0 Å². The minimum Gasteiger partial charge on any atom is -0.303 e. The Labute approximate surface area is 80.9 Å². The van der Waals surface area contributed by atoms with Crippen molar-refractivity contribution in [3.63, 3.8) is 0 Å². The van der Waals surface area contributed by atoms with Gasteiger partial charge in [-0.15, -0.1) is 0 Å². The molecule has 0 N–H and O–H groups in total. The minimum atomic E-state index is 0.120. The summed E-state index contributed by atoms with van der Waals surface area (Å²) in [7, 11) is 0. The molecule has 0 amide bonds. The van der Waals surface area contributed by atoms with Crippen molar-refractivity contribution in [2.45, 2.75) is 57.8 Å². The van der Waals surface area contributed by atoms with E-state index in [4.69, 9.17) is 0 Å². The molecule has 2 fully saturated rings. The third-order valence-electron chi connectivity index (χ3n) is 4.19. The fourth-order valence-electron chi connectivity index (χ4n) is 2.99. The summed E-state index contributed by atoms with van der Waals surface area (Å²) in [5.41, 5.74) is 0.120. The highest BCUT2D eigenvalue weighted by Crippen LogP contribution is 2.48. The fourth-order valence-corrected chi connectivity index (χ4v) is 2.99. The molecule has 2 saturated carbocycles. The topological polar surface area (TPSA) is 17.1 Å². The van der Waals surface area contributed by atoms with Gasteiger partial charge in [-0.3, -0.25) is 0 Å². The zero-order chi connectivity index (χ0) is 9.15. The van der Waals surface area contributed by atoms with Crippen LogP contribution in [0.3, 0.4) is 0 Å². The molecule has 1 nitrogen and oxygen atoms in total. The van der Waals surface area contributed by atoms with Crippen LogP contribution < -0.4 is 0 Å². The van der Waals surface area contributed by atoms with E-state index in [1.54, 1.807) is 0 Å². The lowest BCUT2D eigenvalue weighted by Crippen LogP contribution is -2.36. The third kappa shape index (κ3) is 1.66. The van der Waals surface area contributed by atoms with Crippen molar-refractivity contribution in [3.8, 4) is 0 Å². The summed E-state index contributed by atoms with van der Waals surface area (Å²) in [5.74, 6) is 0.753. The van der Waals surface area contributed by atoms with E-state index in [2.05, 4.69) is 0 Å². The van der Waals surface area contributed by atoms with E-state index in [1.165, 1.54) is 64.1 Å². The number of carbonyl (C=O) groups excluding carboxylic acids is 1. The maximum Gasteiger partial charge on any atom is 0.126 e. The molecule has 0 heterocycles. The molecule has 0 bridgehead atoms. The summed E-state index contributed by atoms with van der Waals surface area (Å²) in [5, 5.41) is 0. The van der Waals surface area contributed by atoms with E-state index >= 15 is 0 Å². The van der Waals surface area contributed by atoms with Gasteiger partial charge in [0.15, 0.2) is 0 Å². The second kappa shape index (κ2) is 3.81. The van der Waals surface area contributed by atoms with E-state index in [0.717, 1.165) is 5.92 Å². The molecule has 0 aromatic rings. The van der Waals surface area contributed by atoms with Crippen molar-refractivity contribution in [2.24, 2.45) is 11.3 Å². The van der Waals surface area contributed by atoms with Crippen LogP contribution in [-0.2, 0) is 4.79 Å². The smallest absolute Gasteiger partial charge is 0.126 e. The summed E-state index contributed by atoms with van der Waals surface area (Å²) in [4.78, 5) is 11.3. The molecule has 13 heavy (non-hydrogen) atoms. The van der Waals surface area contributed by atoms with Gasteiger partial charge >= 0.3 is 0 Å². The molecule has 0 aromatic heterocycles. The molecule has 2 aliphatic carbocycles. The molecule has 0 aliphatic heterocycles. The van der Waals surface area contributed by atoms with Crippen LogP contribution in [0.15, 0.2) is 0 Å². The Balaban J connectivity index is 2.05. The first-order valence-corrected chi connectivity index (χ1v) is 5.84. The molecular weight excluding hydrogens is 160 g/mol. The number of aldehydes is 1. The van der Waals surface area contributed by atoms with E-state index in [0.29, 0.717) is 0 Å². The van der Waals surface area contributed by atoms with Gasteiger partial charge in [-0.1, -0.05) is 32.1 Å². The number of hydrogen-bond acceptors (Lipinski definition) is 1. The van der Waals surface area contributed by atoms with Crippen LogP contribution >= 0.6 is 0 Å². The summed E-state index contributed by atoms with van der Waals surface area (Å²) in [6.45, 7) is 0. The van der Waals surface area contributed by atoms with Crippen LogP contribution in [0.1, 0.15) is 57.8 Å². The molecule has 1 heteroatoms. The average molecular weight is 180 g/mol. The van der Waals surface area contributed by atoms with Crippen LogP contribution in [0.4, 0.5) is 0 Å². The molecule has 0 spiro atoms. The number of rotatable bonds is 2. The Morgan fingerprint density at radius 3 is 1.92 bits per heavy atom. The standard InChI is InChI=1S/C12H20O/c13-10-12(11-6-5-7-11)8-3-1-2-4-9-12/h10-11H,1-9H2. The van der Waals surface area contributed by atoms with E-state index in [1.807, 2.05) is 0 Å². The maximum absolute atomic E-state index is 11.3. The quantitative estimate of drug-likeness (QED) is 0.470. The predicted octanol–water partition coefficient (Wildman–Crippen LogP) is 3.33. The molecule has 2 aliphatic rings. The van der Waals surface area contributed by atoms with Gasteiger partial charge in [-0.2, -0.15) is 0 Å². The SMILES string of the molecule is O=CC1(C2CCC2)CCCCCC1. The van der Waals surface area contributed by atoms with Crippen LogP contribution in [0.25, 0.3) is 0 Å². The van der Waals surface area contributed by atoms with Gasteiger partial charge in [0.25, 0.3) is 0 Å². The summed E-state index contributed by atoms with van der Waals surface area (Å²) >= 11 is 0. The van der Waals surface area contributed by atoms with Crippen molar-refractivity contribution < 1.29 is 4.79 Å². The fraction of sp³-hybridized carbons (Fsp3) is 0.917. The lowest BCUT2D eigenvalue weighted by atomic mass is 9.62. The predicted molar refractivity (Wildman–Crippen MR) is 53.5 cm³/mol. The van der Waals surface area contributed by atoms with Gasteiger partial charge in [0.05, 0.1) is 0 Å². The van der Waals surface area contributed by atoms with Crippen molar-refractivity contribution in [1.82, 2.24) is 0 Å². The molecule has 2 rings (SSSR count). The highest BCUT2D eigenvalue weighted by Gasteiger charge is 2.41. The second-order valence-corrected chi connectivity index (χ2v) is 4.89. The zero-order valence-corrected chi connectivity index (χ0v) is 8.43. The van der Waals surface area contributed by atoms with E-state index < -0.39 is 0 Å². The van der Waals surface area contributed by atoms with Crippen LogP contribution in [-0.4, -0.2) is 6.29 Å². The Kier molecular flexibility index (Phi) is 2.71. The molecule has 0 saturated heterocycles. The summed E-state index contributed by atoms with van der Waals surface area (Å²) in [6.07, 6.45) is 12.9. The van der Waals surface area contributed by atoms with Crippen molar-refractivity contribution in [3.05, 3.63) is 0 Å². The van der Waals surface area contributed by atoms with Gasteiger partial charge in [0.2, 0.25) is 0 Å². The molecule has 74 valence electrons. The number of hydrogen-bond donors (Lipinski definition) is 0. The Morgan fingerprint density at radius 2 is 1.54 bits per heavy atom. The molecule has 0 radical (unpaired) electrons. The lowest BCUT2D eigenvalue weighted by molar-refractivity contribution is -0.122. The number of carbonyl (C=O) groups is 1. The third-order valence-corrected chi connectivity index (χ3v) is 4.19.